The predicted molar refractivity (Wildman–Crippen MR) is 111 cm³/mol. The van der Waals surface area contributed by atoms with Crippen molar-refractivity contribution in [2.75, 3.05) is 6.61 Å². The number of aliphatic hydroxyl groups excluding tert-OH is 1. The lowest BCUT2D eigenvalue weighted by Gasteiger charge is -2.24. The number of hydrogen-bond donors (Lipinski definition) is 1. The van der Waals surface area contributed by atoms with Crippen LogP contribution in [0.15, 0.2) is 36.9 Å². The van der Waals surface area contributed by atoms with Crippen molar-refractivity contribution in [3.8, 4) is 0 Å². The number of halogens is 1. The summed E-state index contributed by atoms with van der Waals surface area (Å²) in [6.07, 6.45) is 5.21. The van der Waals surface area contributed by atoms with Gasteiger partial charge in [-0.3, -0.25) is 4.57 Å². The van der Waals surface area contributed by atoms with Gasteiger partial charge in [-0.1, -0.05) is 29.8 Å². The Bertz CT molecular complexity index is 1120. The van der Waals surface area contributed by atoms with Crippen LogP contribution in [0.2, 0.25) is 5.02 Å². The van der Waals surface area contributed by atoms with Crippen LogP contribution in [-0.2, 0) is 14.2 Å². The number of aliphatic hydroxyl groups is 1. The molecular formula is C21H21ClN4O4. The van der Waals surface area contributed by atoms with Crippen molar-refractivity contribution in [1.82, 2.24) is 19.5 Å². The van der Waals surface area contributed by atoms with Gasteiger partial charge in [0.1, 0.15) is 30.2 Å². The summed E-state index contributed by atoms with van der Waals surface area (Å²) < 4.78 is 19.8. The molecule has 2 fully saturated rings. The second-order valence-electron chi connectivity index (χ2n) is 7.78. The van der Waals surface area contributed by atoms with E-state index in [4.69, 9.17) is 25.8 Å². The highest BCUT2D eigenvalue weighted by Crippen LogP contribution is 2.43. The molecule has 1 aromatic carbocycles. The van der Waals surface area contributed by atoms with E-state index in [0.29, 0.717) is 21.9 Å². The lowest BCUT2D eigenvalue weighted by atomic mass is 10.1. The normalized spacial score (nSPS) is 27.9. The minimum absolute atomic E-state index is 0.160. The summed E-state index contributed by atoms with van der Waals surface area (Å²) in [4.78, 5) is 13.3. The number of hydrogen-bond acceptors (Lipinski definition) is 7. The summed E-state index contributed by atoms with van der Waals surface area (Å²) in [6.45, 7) is 3.54. The monoisotopic (exact) mass is 428 g/mol. The molecule has 0 saturated carbocycles. The van der Waals surface area contributed by atoms with Crippen molar-refractivity contribution in [2.24, 2.45) is 0 Å². The van der Waals surface area contributed by atoms with E-state index in [9.17, 15) is 5.11 Å². The fraction of sp³-hybridized carbons (Fsp3) is 0.381. The molecule has 0 spiro atoms. The van der Waals surface area contributed by atoms with Crippen LogP contribution < -0.4 is 0 Å². The quantitative estimate of drug-likeness (QED) is 0.682. The van der Waals surface area contributed by atoms with Gasteiger partial charge in [0.15, 0.2) is 17.7 Å². The van der Waals surface area contributed by atoms with Gasteiger partial charge < -0.3 is 19.3 Å². The number of aromatic nitrogens is 4. The van der Waals surface area contributed by atoms with Gasteiger partial charge in [-0.2, -0.15) is 0 Å². The van der Waals surface area contributed by atoms with Crippen molar-refractivity contribution in [3.63, 3.8) is 0 Å². The van der Waals surface area contributed by atoms with Gasteiger partial charge in [0, 0.05) is 5.02 Å². The predicted octanol–water partition coefficient (Wildman–Crippen LogP) is 3.06. The summed E-state index contributed by atoms with van der Waals surface area (Å²) in [5.74, 6) is -0.749. The number of imidazole rings is 1. The van der Waals surface area contributed by atoms with Gasteiger partial charge in [-0.15, -0.1) is 0 Å². The van der Waals surface area contributed by atoms with Crippen LogP contribution >= 0.6 is 11.6 Å². The number of rotatable bonds is 4. The van der Waals surface area contributed by atoms with Gasteiger partial charge in [-0.05, 0) is 37.6 Å². The molecule has 2 saturated heterocycles. The first-order chi connectivity index (χ1) is 14.4. The number of benzene rings is 1. The average Bonchev–Trinajstić information content (AvgIpc) is 3.37. The highest BCUT2D eigenvalue weighted by Gasteiger charge is 2.55. The molecule has 0 unspecified atom stereocenters. The Balaban J connectivity index is 1.49. The Labute approximate surface area is 178 Å². The summed E-state index contributed by atoms with van der Waals surface area (Å²) >= 11 is 6.06. The molecule has 4 atom stereocenters. The van der Waals surface area contributed by atoms with E-state index in [2.05, 4.69) is 15.0 Å². The van der Waals surface area contributed by atoms with Crippen LogP contribution in [0.1, 0.15) is 31.3 Å². The summed E-state index contributed by atoms with van der Waals surface area (Å²) in [6, 6.07) is 7.55. The standard InChI is InChI=1S/C21H21ClN4O4/c1-21(2)29-17-15(9-27)28-20(18(17)30-21)26-11-25-16-14(23-10-24-19(16)26)7-6-12-4-3-5-13(22)8-12/h3-8,10-11,15,17-18,20,27H,9H2,1-2H3/t15-,17-,18-,20-/m1/s1. The van der Waals surface area contributed by atoms with Gasteiger partial charge in [0.2, 0.25) is 0 Å². The SMILES string of the molecule is CC1(C)O[C@@H]2[C@H](O1)[C@@H](CO)O[C@H]2n1cnc2c(C=Cc3cccc(Cl)c3)ncnc21. The van der Waals surface area contributed by atoms with Gasteiger partial charge >= 0.3 is 0 Å². The van der Waals surface area contributed by atoms with E-state index in [1.165, 1.54) is 6.33 Å². The third-order valence-corrected chi connectivity index (χ3v) is 5.48. The van der Waals surface area contributed by atoms with E-state index in [-0.39, 0.29) is 18.8 Å². The fourth-order valence-electron chi connectivity index (χ4n) is 3.99. The summed E-state index contributed by atoms with van der Waals surface area (Å²) in [5, 5.41) is 10.4. The molecule has 0 bridgehead atoms. The molecule has 2 aliphatic heterocycles. The molecule has 30 heavy (non-hydrogen) atoms. The molecule has 4 heterocycles. The van der Waals surface area contributed by atoms with Crippen molar-refractivity contribution in [2.45, 2.75) is 44.2 Å². The first-order valence-corrected chi connectivity index (χ1v) is 10.1. The number of ether oxygens (including phenoxy) is 3. The molecule has 5 rings (SSSR count). The van der Waals surface area contributed by atoms with Crippen LogP contribution in [0.25, 0.3) is 23.3 Å². The van der Waals surface area contributed by atoms with E-state index >= 15 is 0 Å². The van der Waals surface area contributed by atoms with Crippen LogP contribution in [0.3, 0.4) is 0 Å². The maximum Gasteiger partial charge on any atom is 0.166 e. The van der Waals surface area contributed by atoms with Crippen molar-refractivity contribution < 1.29 is 19.3 Å². The van der Waals surface area contributed by atoms with Gasteiger partial charge in [-0.25, -0.2) is 15.0 Å². The fourth-order valence-corrected chi connectivity index (χ4v) is 4.19. The maximum absolute atomic E-state index is 9.72. The molecule has 1 N–H and O–H groups in total. The molecule has 0 aliphatic carbocycles. The first-order valence-electron chi connectivity index (χ1n) is 9.68. The zero-order valence-electron chi connectivity index (χ0n) is 16.5. The van der Waals surface area contributed by atoms with Crippen molar-refractivity contribution in [1.29, 1.82) is 0 Å². The molecule has 9 heteroatoms. The number of fused-ring (bicyclic) bond motifs is 2. The molecule has 0 radical (unpaired) electrons. The number of nitrogens with zero attached hydrogens (tertiary/aromatic N) is 4. The van der Waals surface area contributed by atoms with E-state index in [1.54, 1.807) is 6.33 Å². The Morgan fingerprint density at radius 3 is 2.80 bits per heavy atom. The van der Waals surface area contributed by atoms with Crippen LogP contribution in [0.4, 0.5) is 0 Å². The Morgan fingerprint density at radius 1 is 1.17 bits per heavy atom. The molecule has 156 valence electrons. The molecule has 3 aromatic rings. The second-order valence-corrected chi connectivity index (χ2v) is 8.22. The first kappa shape index (κ1) is 19.6. The third kappa shape index (κ3) is 3.40. The molecule has 0 amide bonds. The largest absolute Gasteiger partial charge is 0.394 e. The van der Waals surface area contributed by atoms with Crippen molar-refractivity contribution >= 4 is 34.9 Å². The third-order valence-electron chi connectivity index (χ3n) is 5.25. The van der Waals surface area contributed by atoms with E-state index < -0.39 is 18.1 Å². The van der Waals surface area contributed by atoms with Gasteiger partial charge in [0.25, 0.3) is 0 Å². The minimum atomic E-state index is -0.749. The van der Waals surface area contributed by atoms with E-state index in [1.807, 2.05) is 54.8 Å². The van der Waals surface area contributed by atoms with Crippen LogP contribution in [0.5, 0.6) is 0 Å². The van der Waals surface area contributed by atoms with Crippen LogP contribution in [0, 0.1) is 0 Å². The highest BCUT2D eigenvalue weighted by atomic mass is 35.5. The highest BCUT2D eigenvalue weighted by molar-refractivity contribution is 6.30. The van der Waals surface area contributed by atoms with Gasteiger partial charge in [0.05, 0.1) is 18.6 Å². The zero-order chi connectivity index (χ0) is 20.9. The molecule has 8 nitrogen and oxygen atoms in total. The average molecular weight is 429 g/mol. The summed E-state index contributed by atoms with van der Waals surface area (Å²) in [5.41, 5.74) is 2.89. The molecular weight excluding hydrogens is 408 g/mol. The minimum Gasteiger partial charge on any atom is -0.394 e. The zero-order valence-corrected chi connectivity index (χ0v) is 17.2. The lowest BCUT2D eigenvalue weighted by molar-refractivity contribution is -0.199. The Morgan fingerprint density at radius 2 is 2.00 bits per heavy atom. The Kier molecular flexibility index (Phi) is 4.83. The summed E-state index contributed by atoms with van der Waals surface area (Å²) in [7, 11) is 0. The maximum atomic E-state index is 9.72. The van der Waals surface area contributed by atoms with Crippen molar-refractivity contribution in [3.05, 3.63) is 53.2 Å². The Hall–Kier alpha value is -2.36. The second kappa shape index (κ2) is 7.40. The topological polar surface area (TPSA) is 91.5 Å². The smallest absolute Gasteiger partial charge is 0.166 e. The molecule has 2 aliphatic rings. The molecule has 2 aromatic heterocycles. The van der Waals surface area contributed by atoms with E-state index in [0.717, 1.165) is 5.56 Å². The van der Waals surface area contributed by atoms with Crippen LogP contribution in [-0.4, -0.2) is 55.3 Å². The lowest BCUT2D eigenvalue weighted by Crippen LogP contribution is -2.31.